The topological polar surface area (TPSA) is 92.9 Å². The average Bonchev–Trinajstić information content (AvgIpc) is 3.03. The molecule has 6 nitrogen and oxygen atoms in total. The number of methoxy groups -OCH3 is 1. The molecule has 1 heterocycles. The summed E-state index contributed by atoms with van der Waals surface area (Å²) in [6.45, 7) is 0.438. The van der Waals surface area contributed by atoms with Gasteiger partial charge in [0.2, 0.25) is 0 Å². The Hall–Kier alpha value is -1.92. The molecule has 1 aromatic rings. The van der Waals surface area contributed by atoms with E-state index in [-0.39, 0.29) is 0 Å². The minimum Gasteiger partial charge on any atom is -0.467 e. The second-order valence-corrected chi connectivity index (χ2v) is 5.51. The standard InChI is InChI=1S/C16H22N2O4/c1-22-16(21)13-8-5-9-18(13)15(20)14(19)12(17)10-11-6-3-2-4-7-11/h2-4,6-7,12-14,19H,5,8-10,17H2,1H3/t12-,13-,14-/m0/s1. The number of carbonyl (C=O) groups is 2. The summed E-state index contributed by atoms with van der Waals surface area (Å²) in [6, 6.07) is 8.11. The third-order valence-corrected chi connectivity index (χ3v) is 3.98. The lowest BCUT2D eigenvalue weighted by atomic mass is 10.0. The van der Waals surface area contributed by atoms with Crippen LogP contribution in [0.1, 0.15) is 18.4 Å². The van der Waals surface area contributed by atoms with Gasteiger partial charge in [0, 0.05) is 12.6 Å². The zero-order chi connectivity index (χ0) is 16.1. The van der Waals surface area contributed by atoms with Crippen LogP contribution in [0.5, 0.6) is 0 Å². The fourth-order valence-electron chi connectivity index (χ4n) is 2.76. The molecule has 1 aliphatic rings. The third-order valence-electron chi connectivity index (χ3n) is 3.98. The normalized spacial score (nSPS) is 20.5. The molecule has 1 amide bonds. The summed E-state index contributed by atoms with van der Waals surface area (Å²) in [6.07, 6.45) is 0.334. The van der Waals surface area contributed by atoms with Crippen molar-refractivity contribution in [2.75, 3.05) is 13.7 Å². The largest absolute Gasteiger partial charge is 0.467 e. The Morgan fingerprint density at radius 2 is 2.09 bits per heavy atom. The summed E-state index contributed by atoms with van der Waals surface area (Å²) in [4.78, 5) is 25.5. The van der Waals surface area contributed by atoms with Crippen molar-refractivity contribution in [3.63, 3.8) is 0 Å². The first-order valence-corrected chi connectivity index (χ1v) is 7.40. The summed E-state index contributed by atoms with van der Waals surface area (Å²) < 4.78 is 4.70. The second kappa shape index (κ2) is 7.38. The molecule has 2 rings (SSSR count). The number of nitrogens with zero attached hydrogens (tertiary/aromatic N) is 1. The zero-order valence-electron chi connectivity index (χ0n) is 12.6. The Balaban J connectivity index is 2.00. The molecule has 1 aromatic carbocycles. The number of hydrogen-bond acceptors (Lipinski definition) is 5. The van der Waals surface area contributed by atoms with E-state index in [2.05, 4.69) is 0 Å². The zero-order valence-corrected chi connectivity index (χ0v) is 12.6. The highest BCUT2D eigenvalue weighted by Gasteiger charge is 2.38. The Kier molecular flexibility index (Phi) is 5.51. The van der Waals surface area contributed by atoms with Crippen LogP contribution < -0.4 is 5.73 Å². The molecule has 1 aliphatic heterocycles. The number of likely N-dealkylation sites (tertiary alicyclic amines) is 1. The van der Waals surface area contributed by atoms with Crippen LogP contribution in [0.3, 0.4) is 0 Å². The van der Waals surface area contributed by atoms with Crippen LogP contribution in [0.15, 0.2) is 30.3 Å². The van der Waals surface area contributed by atoms with Gasteiger partial charge in [-0.3, -0.25) is 4.79 Å². The molecule has 120 valence electrons. The fraction of sp³-hybridized carbons (Fsp3) is 0.500. The van der Waals surface area contributed by atoms with Gasteiger partial charge in [-0.2, -0.15) is 0 Å². The second-order valence-electron chi connectivity index (χ2n) is 5.51. The van der Waals surface area contributed by atoms with Crippen LogP contribution >= 0.6 is 0 Å². The molecule has 0 radical (unpaired) electrons. The van der Waals surface area contributed by atoms with Gasteiger partial charge in [-0.05, 0) is 24.8 Å². The Labute approximate surface area is 129 Å². The maximum absolute atomic E-state index is 12.4. The molecule has 6 heteroatoms. The van der Waals surface area contributed by atoms with E-state index in [1.165, 1.54) is 12.0 Å². The van der Waals surface area contributed by atoms with Crippen molar-refractivity contribution in [3.8, 4) is 0 Å². The summed E-state index contributed by atoms with van der Waals surface area (Å²) in [5, 5.41) is 10.2. The van der Waals surface area contributed by atoms with Crippen LogP contribution in [0.4, 0.5) is 0 Å². The summed E-state index contributed by atoms with van der Waals surface area (Å²) in [5.74, 6) is -0.953. The fourth-order valence-corrected chi connectivity index (χ4v) is 2.76. The smallest absolute Gasteiger partial charge is 0.328 e. The number of esters is 1. The van der Waals surface area contributed by atoms with E-state index in [0.29, 0.717) is 25.8 Å². The number of carbonyl (C=O) groups excluding carboxylic acids is 2. The SMILES string of the molecule is COC(=O)[C@@H]1CCCN1C(=O)[C@@H](O)[C@@H](N)Cc1ccccc1. The number of hydrogen-bond donors (Lipinski definition) is 2. The van der Waals surface area contributed by atoms with Gasteiger partial charge in [0.05, 0.1) is 7.11 Å². The molecule has 0 saturated carbocycles. The van der Waals surface area contributed by atoms with E-state index in [1.807, 2.05) is 30.3 Å². The molecule has 0 unspecified atom stereocenters. The quantitative estimate of drug-likeness (QED) is 0.752. The monoisotopic (exact) mass is 306 g/mol. The van der Waals surface area contributed by atoms with Crippen LogP contribution in [0.25, 0.3) is 0 Å². The number of benzene rings is 1. The van der Waals surface area contributed by atoms with E-state index in [4.69, 9.17) is 10.5 Å². The Morgan fingerprint density at radius 3 is 2.73 bits per heavy atom. The number of nitrogens with two attached hydrogens (primary N) is 1. The third kappa shape index (κ3) is 3.64. The number of ether oxygens (including phenoxy) is 1. The predicted molar refractivity (Wildman–Crippen MR) is 80.9 cm³/mol. The lowest BCUT2D eigenvalue weighted by Crippen LogP contribution is -2.52. The van der Waals surface area contributed by atoms with Crippen molar-refractivity contribution in [1.82, 2.24) is 4.90 Å². The maximum Gasteiger partial charge on any atom is 0.328 e. The molecule has 3 atom stereocenters. The molecule has 3 N–H and O–H groups in total. The number of rotatable bonds is 5. The summed E-state index contributed by atoms with van der Waals surface area (Å²) >= 11 is 0. The van der Waals surface area contributed by atoms with E-state index >= 15 is 0 Å². The first-order chi connectivity index (χ1) is 10.5. The van der Waals surface area contributed by atoms with Gasteiger partial charge < -0.3 is 20.5 Å². The minimum atomic E-state index is -1.33. The summed E-state index contributed by atoms with van der Waals surface area (Å²) in [7, 11) is 1.29. The molecular weight excluding hydrogens is 284 g/mol. The average molecular weight is 306 g/mol. The van der Waals surface area contributed by atoms with Gasteiger partial charge in [-0.25, -0.2) is 4.79 Å². The van der Waals surface area contributed by atoms with E-state index in [1.54, 1.807) is 0 Å². The van der Waals surface area contributed by atoms with Gasteiger partial charge >= 0.3 is 5.97 Å². The minimum absolute atomic E-state index is 0.393. The molecule has 1 saturated heterocycles. The van der Waals surface area contributed by atoms with Gasteiger partial charge in [-0.1, -0.05) is 30.3 Å². The van der Waals surface area contributed by atoms with Crippen molar-refractivity contribution in [3.05, 3.63) is 35.9 Å². The van der Waals surface area contributed by atoms with Gasteiger partial charge in [0.15, 0.2) is 0 Å². The van der Waals surface area contributed by atoms with Crippen molar-refractivity contribution >= 4 is 11.9 Å². The lowest BCUT2D eigenvalue weighted by Gasteiger charge is -2.27. The van der Waals surface area contributed by atoms with Gasteiger partial charge in [0.25, 0.3) is 5.91 Å². The van der Waals surface area contributed by atoms with E-state index in [9.17, 15) is 14.7 Å². The first kappa shape index (κ1) is 16.5. The van der Waals surface area contributed by atoms with Crippen LogP contribution in [0, 0.1) is 0 Å². The van der Waals surface area contributed by atoms with E-state index in [0.717, 1.165) is 5.56 Å². The van der Waals surface area contributed by atoms with Crippen molar-refractivity contribution in [1.29, 1.82) is 0 Å². The van der Waals surface area contributed by atoms with Crippen LogP contribution in [-0.4, -0.2) is 53.7 Å². The lowest BCUT2D eigenvalue weighted by molar-refractivity contribution is -0.154. The van der Waals surface area contributed by atoms with Gasteiger partial charge in [0.1, 0.15) is 12.1 Å². The highest BCUT2D eigenvalue weighted by atomic mass is 16.5. The highest BCUT2D eigenvalue weighted by molar-refractivity contribution is 5.87. The molecule has 1 fully saturated rings. The van der Waals surface area contributed by atoms with Crippen LogP contribution in [-0.2, 0) is 20.7 Å². The van der Waals surface area contributed by atoms with Crippen molar-refractivity contribution in [2.24, 2.45) is 5.73 Å². The van der Waals surface area contributed by atoms with Crippen molar-refractivity contribution < 1.29 is 19.4 Å². The molecule has 0 aromatic heterocycles. The predicted octanol–water partition coefficient (Wildman–Crippen LogP) is 0.0813. The maximum atomic E-state index is 12.4. The van der Waals surface area contributed by atoms with Gasteiger partial charge in [-0.15, -0.1) is 0 Å². The molecule has 22 heavy (non-hydrogen) atoms. The van der Waals surface area contributed by atoms with Crippen molar-refractivity contribution in [2.45, 2.75) is 37.5 Å². The molecule has 0 bridgehead atoms. The molecule has 0 spiro atoms. The summed E-state index contributed by atoms with van der Waals surface area (Å²) in [5.41, 5.74) is 6.91. The van der Waals surface area contributed by atoms with E-state index < -0.39 is 30.1 Å². The Morgan fingerprint density at radius 1 is 1.41 bits per heavy atom. The molecular formula is C16H22N2O4. The number of aliphatic hydroxyl groups excluding tert-OH is 1. The van der Waals surface area contributed by atoms with Crippen LogP contribution in [0.2, 0.25) is 0 Å². The molecule has 0 aliphatic carbocycles. The number of amides is 1. The highest BCUT2D eigenvalue weighted by Crippen LogP contribution is 2.20. The first-order valence-electron chi connectivity index (χ1n) is 7.40. The number of aliphatic hydroxyl groups is 1. The Bertz CT molecular complexity index is 520.